The normalized spacial score (nSPS) is 10.6. The van der Waals surface area contributed by atoms with Gasteiger partial charge in [0.15, 0.2) is 17.6 Å². The highest BCUT2D eigenvalue weighted by Gasteiger charge is 2.18. The predicted molar refractivity (Wildman–Crippen MR) is 133 cm³/mol. The van der Waals surface area contributed by atoms with Gasteiger partial charge in [-0.1, -0.05) is 78.0 Å². The van der Waals surface area contributed by atoms with Gasteiger partial charge in [0.25, 0.3) is 5.91 Å². The number of aryl methyl sites for hydroxylation is 1. The summed E-state index contributed by atoms with van der Waals surface area (Å²) in [4.78, 5) is 24.5. The summed E-state index contributed by atoms with van der Waals surface area (Å²) in [5.74, 6) is -0.336. The molecule has 0 radical (unpaired) electrons. The lowest BCUT2D eigenvalue weighted by molar-refractivity contribution is -0.144. The number of nitrogens with zero attached hydrogens (tertiary/aromatic N) is 3. The second-order valence-electron chi connectivity index (χ2n) is 7.30. The zero-order valence-electron chi connectivity index (χ0n) is 18.3. The molecule has 7 nitrogen and oxygen atoms in total. The van der Waals surface area contributed by atoms with Gasteiger partial charge in [0.2, 0.25) is 0 Å². The van der Waals surface area contributed by atoms with Crippen LogP contribution in [-0.2, 0) is 14.3 Å². The predicted octanol–water partition coefficient (Wildman–Crippen LogP) is 5.17. The van der Waals surface area contributed by atoms with E-state index in [-0.39, 0.29) is 5.75 Å². The third-order valence-electron chi connectivity index (χ3n) is 4.84. The van der Waals surface area contributed by atoms with Crippen molar-refractivity contribution < 1.29 is 14.3 Å². The van der Waals surface area contributed by atoms with Gasteiger partial charge in [0, 0.05) is 22.0 Å². The molecule has 0 spiro atoms. The van der Waals surface area contributed by atoms with Gasteiger partial charge in [0.1, 0.15) is 0 Å². The maximum Gasteiger partial charge on any atom is 0.316 e. The van der Waals surface area contributed by atoms with E-state index in [1.165, 1.54) is 11.8 Å². The van der Waals surface area contributed by atoms with E-state index in [0.29, 0.717) is 21.7 Å². The minimum absolute atomic E-state index is 0.0246. The highest BCUT2D eigenvalue weighted by molar-refractivity contribution is 7.99. The summed E-state index contributed by atoms with van der Waals surface area (Å²) in [6.07, 6.45) is 0. The van der Waals surface area contributed by atoms with Crippen molar-refractivity contribution in [3.8, 4) is 17.1 Å². The summed E-state index contributed by atoms with van der Waals surface area (Å²) in [6, 6.07) is 24.5. The Balaban J connectivity index is 1.40. The lowest BCUT2D eigenvalue weighted by Crippen LogP contribution is -2.22. The van der Waals surface area contributed by atoms with Crippen molar-refractivity contribution in [1.82, 2.24) is 14.8 Å². The number of amides is 1. The standard InChI is InChI=1S/C25H21ClN4O3S/c1-17-12-13-19(26)14-21(17)27-22(31)15-33-23(32)16-34-25-29-28-24(18-8-4-2-5-9-18)30(25)20-10-6-3-7-11-20/h2-14H,15-16H2,1H3,(H,27,31). The lowest BCUT2D eigenvalue weighted by atomic mass is 10.2. The first-order valence-electron chi connectivity index (χ1n) is 10.4. The van der Waals surface area contributed by atoms with Gasteiger partial charge in [-0.25, -0.2) is 0 Å². The van der Waals surface area contributed by atoms with E-state index in [1.807, 2.05) is 72.2 Å². The molecule has 1 heterocycles. The van der Waals surface area contributed by atoms with E-state index in [0.717, 1.165) is 16.8 Å². The highest BCUT2D eigenvalue weighted by Crippen LogP contribution is 2.28. The van der Waals surface area contributed by atoms with Crippen LogP contribution >= 0.6 is 23.4 Å². The number of para-hydroxylation sites is 1. The molecule has 4 rings (SSSR count). The van der Waals surface area contributed by atoms with Gasteiger partial charge in [-0.05, 0) is 36.8 Å². The van der Waals surface area contributed by atoms with Gasteiger partial charge in [-0.3, -0.25) is 14.2 Å². The van der Waals surface area contributed by atoms with Gasteiger partial charge in [0.05, 0.1) is 5.75 Å². The Hall–Kier alpha value is -3.62. The third kappa shape index (κ3) is 5.84. The Labute approximate surface area is 206 Å². The number of halogens is 1. The molecular formula is C25H21ClN4O3S. The van der Waals surface area contributed by atoms with Gasteiger partial charge in [-0.15, -0.1) is 10.2 Å². The molecule has 1 aromatic heterocycles. The van der Waals surface area contributed by atoms with Gasteiger partial charge in [-0.2, -0.15) is 0 Å². The summed E-state index contributed by atoms with van der Waals surface area (Å²) in [5, 5.41) is 12.4. The van der Waals surface area contributed by atoms with Crippen molar-refractivity contribution >= 4 is 40.9 Å². The molecule has 0 fully saturated rings. The van der Waals surface area contributed by atoms with E-state index in [1.54, 1.807) is 18.2 Å². The van der Waals surface area contributed by atoms with E-state index < -0.39 is 18.5 Å². The number of thioether (sulfide) groups is 1. The van der Waals surface area contributed by atoms with Crippen LogP contribution in [0.1, 0.15) is 5.56 Å². The first-order valence-corrected chi connectivity index (χ1v) is 11.8. The largest absolute Gasteiger partial charge is 0.455 e. The highest BCUT2D eigenvalue weighted by atomic mass is 35.5. The molecule has 1 N–H and O–H groups in total. The fourth-order valence-corrected chi connectivity index (χ4v) is 4.10. The monoisotopic (exact) mass is 492 g/mol. The minimum atomic E-state index is -0.535. The van der Waals surface area contributed by atoms with E-state index in [4.69, 9.17) is 16.3 Å². The van der Waals surface area contributed by atoms with Crippen molar-refractivity contribution in [2.24, 2.45) is 0 Å². The zero-order chi connectivity index (χ0) is 23.9. The Kier molecular flexibility index (Phi) is 7.61. The maximum atomic E-state index is 12.3. The van der Waals surface area contributed by atoms with Gasteiger partial charge < -0.3 is 10.1 Å². The van der Waals surface area contributed by atoms with Crippen molar-refractivity contribution in [3.05, 3.63) is 89.4 Å². The average molecular weight is 493 g/mol. The van der Waals surface area contributed by atoms with Crippen LogP contribution in [0.3, 0.4) is 0 Å². The van der Waals surface area contributed by atoms with Crippen LogP contribution in [0, 0.1) is 6.92 Å². The van der Waals surface area contributed by atoms with Crippen molar-refractivity contribution in [2.75, 3.05) is 17.7 Å². The number of benzene rings is 3. The summed E-state index contributed by atoms with van der Waals surface area (Å²) in [5.41, 5.74) is 3.21. The zero-order valence-corrected chi connectivity index (χ0v) is 19.8. The topological polar surface area (TPSA) is 86.1 Å². The number of nitrogens with one attached hydrogen (secondary N) is 1. The summed E-state index contributed by atoms with van der Waals surface area (Å²) >= 11 is 7.16. The summed E-state index contributed by atoms with van der Waals surface area (Å²) < 4.78 is 7.03. The quantitative estimate of drug-likeness (QED) is 0.270. The minimum Gasteiger partial charge on any atom is -0.455 e. The van der Waals surface area contributed by atoms with Crippen LogP contribution in [-0.4, -0.2) is 39.0 Å². The number of ether oxygens (including phenoxy) is 1. The van der Waals surface area contributed by atoms with Gasteiger partial charge >= 0.3 is 5.97 Å². The average Bonchev–Trinajstić information content (AvgIpc) is 3.29. The van der Waals surface area contributed by atoms with Crippen LogP contribution in [0.25, 0.3) is 17.1 Å². The van der Waals surface area contributed by atoms with Crippen LogP contribution in [0.15, 0.2) is 84.0 Å². The number of carbonyl (C=O) groups is 2. The van der Waals surface area contributed by atoms with Crippen molar-refractivity contribution in [2.45, 2.75) is 12.1 Å². The van der Waals surface area contributed by atoms with E-state index >= 15 is 0 Å². The summed E-state index contributed by atoms with van der Waals surface area (Å²) in [7, 11) is 0. The Morgan fingerprint density at radius 2 is 1.71 bits per heavy atom. The third-order valence-corrected chi connectivity index (χ3v) is 5.97. The molecule has 0 unspecified atom stereocenters. The molecule has 3 aromatic carbocycles. The Morgan fingerprint density at radius 3 is 2.44 bits per heavy atom. The molecule has 0 saturated carbocycles. The smallest absolute Gasteiger partial charge is 0.316 e. The number of anilines is 1. The number of carbonyl (C=O) groups excluding carboxylic acids is 2. The molecule has 172 valence electrons. The lowest BCUT2D eigenvalue weighted by Gasteiger charge is -2.11. The molecule has 9 heteroatoms. The first kappa shape index (κ1) is 23.5. The van der Waals surface area contributed by atoms with Crippen molar-refractivity contribution in [1.29, 1.82) is 0 Å². The van der Waals surface area contributed by atoms with Crippen LogP contribution in [0.4, 0.5) is 5.69 Å². The number of hydrogen-bond acceptors (Lipinski definition) is 6. The summed E-state index contributed by atoms with van der Waals surface area (Å²) in [6.45, 7) is 1.45. The molecule has 34 heavy (non-hydrogen) atoms. The van der Waals surface area contributed by atoms with Crippen LogP contribution < -0.4 is 5.32 Å². The molecule has 0 aliphatic rings. The second-order valence-corrected chi connectivity index (χ2v) is 8.68. The number of hydrogen-bond donors (Lipinski definition) is 1. The first-order chi connectivity index (χ1) is 16.5. The molecule has 0 saturated heterocycles. The molecule has 0 aliphatic heterocycles. The molecule has 4 aromatic rings. The molecule has 1 amide bonds. The maximum absolute atomic E-state index is 12.3. The SMILES string of the molecule is Cc1ccc(Cl)cc1NC(=O)COC(=O)CSc1nnc(-c2ccccc2)n1-c1ccccc1. The van der Waals surface area contributed by atoms with Crippen LogP contribution in [0.2, 0.25) is 5.02 Å². The fraction of sp³-hybridized carbons (Fsp3) is 0.120. The fourth-order valence-electron chi connectivity index (χ4n) is 3.17. The Bertz CT molecular complexity index is 1300. The number of esters is 1. The second kappa shape index (κ2) is 11.0. The van der Waals surface area contributed by atoms with E-state index in [9.17, 15) is 9.59 Å². The molecule has 0 atom stereocenters. The molecule has 0 bridgehead atoms. The molecule has 0 aliphatic carbocycles. The Morgan fingerprint density at radius 1 is 1.00 bits per heavy atom. The van der Waals surface area contributed by atoms with E-state index in [2.05, 4.69) is 15.5 Å². The number of rotatable bonds is 8. The van der Waals surface area contributed by atoms with Crippen LogP contribution in [0.5, 0.6) is 0 Å². The van der Waals surface area contributed by atoms with Crippen molar-refractivity contribution in [3.63, 3.8) is 0 Å². The number of aromatic nitrogens is 3. The molecular weight excluding hydrogens is 472 g/mol.